The lowest BCUT2D eigenvalue weighted by Crippen LogP contribution is -2.27. The normalized spacial score (nSPS) is 13.2. The number of hydrogen-bond donors (Lipinski definition) is 0. The molecule has 0 fully saturated rings. The van der Waals surface area contributed by atoms with Crippen LogP contribution < -0.4 is 0 Å². The molecule has 1 aromatic heterocycles. The minimum Gasteiger partial charge on any atom is -0.287 e. The predicted octanol–water partition coefficient (Wildman–Crippen LogP) is 3.82. The van der Waals surface area contributed by atoms with Gasteiger partial charge in [0.05, 0.1) is 32.7 Å². The first kappa shape index (κ1) is 25.6. The average Bonchev–Trinajstić information content (AvgIpc) is 2.88. The van der Waals surface area contributed by atoms with Crippen LogP contribution in [0.2, 0.25) is 0 Å². The molecule has 0 unspecified atom stereocenters. The van der Waals surface area contributed by atoms with E-state index in [1.165, 1.54) is 36.4 Å². The van der Waals surface area contributed by atoms with Gasteiger partial charge in [0.15, 0.2) is 19.7 Å². The maximum absolute atomic E-state index is 13.3. The van der Waals surface area contributed by atoms with Crippen molar-refractivity contribution in [3.8, 4) is 0 Å². The number of carbonyl (C=O) groups is 2. The molecule has 192 valence electrons. The van der Waals surface area contributed by atoms with Gasteiger partial charge in [-0.3, -0.25) is 9.59 Å². The molecule has 5 rings (SSSR count). The van der Waals surface area contributed by atoms with Crippen LogP contribution in [-0.4, -0.2) is 38.4 Å². The number of aryl methyl sites for hydroxylation is 2. The van der Waals surface area contributed by atoms with Crippen LogP contribution in [0, 0.1) is 13.8 Å². The van der Waals surface area contributed by atoms with Crippen LogP contribution >= 0.6 is 0 Å². The zero-order valence-electron chi connectivity index (χ0n) is 20.5. The first-order valence-electron chi connectivity index (χ1n) is 11.6. The highest BCUT2D eigenvalue weighted by atomic mass is 32.2. The smallest absolute Gasteiger partial charge is 0.214 e. The number of sulfone groups is 2. The highest BCUT2D eigenvalue weighted by Crippen LogP contribution is 2.28. The molecular formula is C28H22N2O6S2. The van der Waals surface area contributed by atoms with Gasteiger partial charge in [0.2, 0.25) is 11.6 Å². The Hall–Kier alpha value is -4.02. The van der Waals surface area contributed by atoms with E-state index < -0.39 is 42.7 Å². The standard InChI is InChI=1S/C28H22N2O6S2/c1-17-7-11-19(12-8-17)37(33,34)15-23-24(16-38(35,36)20-13-9-18(2)10-14-20)30-26-25(29-23)27(31)21-5-3-4-6-22(21)28(26)32/h3-14H,15-16H2,1-2H3. The maximum atomic E-state index is 13.3. The second kappa shape index (κ2) is 9.38. The Balaban J connectivity index is 1.65. The number of aromatic nitrogens is 2. The Morgan fingerprint density at radius 3 is 1.24 bits per heavy atom. The molecule has 0 saturated carbocycles. The molecule has 10 heteroatoms. The summed E-state index contributed by atoms with van der Waals surface area (Å²) in [5.74, 6) is -2.55. The van der Waals surface area contributed by atoms with Crippen LogP contribution in [0.25, 0.3) is 0 Å². The van der Waals surface area contributed by atoms with Crippen LogP contribution in [0.1, 0.15) is 54.6 Å². The van der Waals surface area contributed by atoms with E-state index in [0.717, 1.165) is 11.1 Å². The van der Waals surface area contributed by atoms with Crippen LogP contribution in [0.3, 0.4) is 0 Å². The quantitative estimate of drug-likeness (QED) is 0.314. The second-order valence-corrected chi connectivity index (χ2v) is 13.1. The number of hydrogen-bond acceptors (Lipinski definition) is 8. The Kier molecular flexibility index (Phi) is 6.32. The van der Waals surface area contributed by atoms with Gasteiger partial charge in [0, 0.05) is 11.1 Å². The fourth-order valence-electron chi connectivity index (χ4n) is 4.20. The topological polar surface area (TPSA) is 128 Å². The summed E-state index contributed by atoms with van der Waals surface area (Å²) < 4.78 is 53.1. The van der Waals surface area contributed by atoms with Crippen molar-refractivity contribution >= 4 is 31.2 Å². The minimum atomic E-state index is -3.99. The number of fused-ring (bicyclic) bond motifs is 2. The third-order valence-corrected chi connectivity index (χ3v) is 9.60. The van der Waals surface area contributed by atoms with E-state index in [2.05, 4.69) is 9.97 Å². The predicted molar refractivity (Wildman–Crippen MR) is 139 cm³/mol. The first-order chi connectivity index (χ1) is 18.0. The molecule has 0 aliphatic heterocycles. The van der Waals surface area contributed by atoms with Gasteiger partial charge in [0.1, 0.15) is 11.4 Å². The van der Waals surface area contributed by atoms with Gasteiger partial charge in [-0.2, -0.15) is 0 Å². The van der Waals surface area contributed by atoms with Crippen molar-refractivity contribution in [1.29, 1.82) is 0 Å². The Labute approximate surface area is 220 Å². The highest BCUT2D eigenvalue weighted by Gasteiger charge is 2.35. The van der Waals surface area contributed by atoms with Gasteiger partial charge in [-0.25, -0.2) is 26.8 Å². The van der Waals surface area contributed by atoms with Gasteiger partial charge in [0.25, 0.3) is 0 Å². The van der Waals surface area contributed by atoms with Crippen LogP contribution in [-0.2, 0) is 31.2 Å². The molecule has 0 bridgehead atoms. The Bertz CT molecular complexity index is 1690. The molecule has 0 atom stereocenters. The first-order valence-corrected chi connectivity index (χ1v) is 14.9. The van der Waals surface area contributed by atoms with Crippen LogP contribution in [0.5, 0.6) is 0 Å². The van der Waals surface area contributed by atoms with E-state index in [1.807, 2.05) is 13.8 Å². The van der Waals surface area contributed by atoms with Crippen LogP contribution in [0.4, 0.5) is 0 Å². The zero-order chi connectivity index (χ0) is 27.2. The molecular weight excluding hydrogens is 524 g/mol. The summed E-state index contributed by atoms with van der Waals surface area (Å²) in [6.07, 6.45) is 0. The average molecular weight is 547 g/mol. The van der Waals surface area contributed by atoms with Crippen LogP contribution in [0.15, 0.2) is 82.6 Å². The summed E-state index contributed by atoms with van der Waals surface area (Å²) in [6, 6.07) is 18.6. The molecule has 1 aliphatic rings. The highest BCUT2D eigenvalue weighted by molar-refractivity contribution is 7.91. The Morgan fingerprint density at radius 1 is 0.553 bits per heavy atom. The maximum Gasteiger partial charge on any atom is 0.214 e. The van der Waals surface area contributed by atoms with Crippen molar-refractivity contribution in [2.45, 2.75) is 35.1 Å². The fourth-order valence-corrected chi connectivity index (χ4v) is 6.82. The van der Waals surface area contributed by atoms with Gasteiger partial charge in [-0.05, 0) is 38.1 Å². The lowest BCUT2D eigenvalue weighted by Gasteiger charge is -2.19. The summed E-state index contributed by atoms with van der Waals surface area (Å²) in [5, 5.41) is 0. The summed E-state index contributed by atoms with van der Waals surface area (Å²) >= 11 is 0. The van der Waals surface area contributed by atoms with E-state index in [0.29, 0.717) is 0 Å². The third-order valence-electron chi connectivity index (χ3n) is 6.31. The number of carbonyl (C=O) groups excluding carboxylic acids is 2. The molecule has 0 radical (unpaired) electrons. The molecule has 0 amide bonds. The van der Waals surface area contributed by atoms with E-state index in [9.17, 15) is 26.4 Å². The number of nitrogens with zero attached hydrogens (tertiary/aromatic N) is 2. The molecule has 3 aromatic carbocycles. The molecule has 4 aromatic rings. The minimum absolute atomic E-state index is 0.0164. The number of benzene rings is 3. The summed E-state index contributed by atoms with van der Waals surface area (Å²) in [4.78, 5) is 35.0. The lowest BCUT2D eigenvalue weighted by molar-refractivity contribution is 0.0971. The molecule has 0 saturated heterocycles. The Morgan fingerprint density at radius 2 is 0.895 bits per heavy atom. The number of rotatable bonds is 6. The largest absolute Gasteiger partial charge is 0.287 e. The van der Waals surface area contributed by atoms with Gasteiger partial charge < -0.3 is 0 Å². The molecule has 0 N–H and O–H groups in total. The SMILES string of the molecule is Cc1ccc(S(=O)(=O)Cc2nc3c(nc2CS(=O)(=O)c2ccc(C)cc2)C(=O)c2ccccc2C3=O)cc1. The van der Waals surface area contributed by atoms with E-state index in [4.69, 9.17) is 0 Å². The van der Waals surface area contributed by atoms with E-state index in [1.54, 1.807) is 36.4 Å². The van der Waals surface area contributed by atoms with Gasteiger partial charge in [-0.15, -0.1) is 0 Å². The van der Waals surface area contributed by atoms with E-state index >= 15 is 0 Å². The monoisotopic (exact) mass is 546 g/mol. The second-order valence-electron chi connectivity index (χ2n) is 9.16. The summed E-state index contributed by atoms with van der Waals surface area (Å²) in [7, 11) is -7.98. The molecule has 0 spiro atoms. The van der Waals surface area contributed by atoms with Gasteiger partial charge in [-0.1, -0.05) is 59.7 Å². The summed E-state index contributed by atoms with van der Waals surface area (Å²) in [6.45, 7) is 3.64. The molecule has 1 aliphatic carbocycles. The molecule has 38 heavy (non-hydrogen) atoms. The fraction of sp³-hybridized carbons (Fsp3) is 0.143. The van der Waals surface area contributed by atoms with Crippen molar-refractivity contribution in [3.05, 3.63) is 118 Å². The number of ketones is 2. The molecule has 1 heterocycles. The van der Waals surface area contributed by atoms with Crippen molar-refractivity contribution in [1.82, 2.24) is 9.97 Å². The van der Waals surface area contributed by atoms with Crippen molar-refractivity contribution in [2.75, 3.05) is 0 Å². The van der Waals surface area contributed by atoms with Crippen molar-refractivity contribution < 1.29 is 26.4 Å². The zero-order valence-corrected chi connectivity index (χ0v) is 22.1. The molecule has 8 nitrogen and oxygen atoms in total. The van der Waals surface area contributed by atoms with E-state index in [-0.39, 0.29) is 43.7 Å². The lowest BCUT2D eigenvalue weighted by atomic mass is 9.89. The summed E-state index contributed by atoms with van der Waals surface area (Å²) in [5.41, 5.74) is 1.02. The van der Waals surface area contributed by atoms with Crippen molar-refractivity contribution in [3.63, 3.8) is 0 Å². The van der Waals surface area contributed by atoms with Crippen molar-refractivity contribution in [2.24, 2.45) is 0 Å². The third kappa shape index (κ3) is 4.68. The van der Waals surface area contributed by atoms with Gasteiger partial charge >= 0.3 is 0 Å².